The standard InChI is InChI=1S/C66H50N4O2/c1-3-17-39(18-4-1)67(55-29-15-25-45-41-21-9-13-31-59(41)71-65(45)55)53-35-33-43-49-37-58-50(38-57(49)69-51-27-11-7-23-47(51)61(53)63(43)69)44-34-36-54(62-48-24-8-12-28-52(48)70(58)64(44)62)68(40-19-5-2-6-20-40)56-30-16-26-46-42-22-10-14-32-60(42)72-66(46)56/h1-6,9-10,13-15,17,19,21-25,27-37,39-40,50H,7-8,11-12,16,18,20,26,38H2. The molecule has 0 spiro atoms. The van der Waals surface area contributed by atoms with Crippen molar-refractivity contribution in [1.29, 1.82) is 0 Å². The van der Waals surface area contributed by atoms with Gasteiger partial charge in [-0.05, 0) is 93.3 Å². The topological polar surface area (TPSA) is 42.1 Å². The Kier molecular flexibility index (Phi) is 8.05. The summed E-state index contributed by atoms with van der Waals surface area (Å²) in [6.45, 7) is 0. The van der Waals surface area contributed by atoms with Crippen LogP contribution in [-0.4, -0.2) is 21.1 Å². The van der Waals surface area contributed by atoms with Crippen LogP contribution in [-0.2, 0) is 12.8 Å². The van der Waals surface area contributed by atoms with Crippen molar-refractivity contribution in [3.8, 4) is 0 Å². The second-order valence-electron chi connectivity index (χ2n) is 20.9. The maximum Gasteiger partial charge on any atom is 0.159 e. The third-order valence-electron chi connectivity index (χ3n) is 17.3. The van der Waals surface area contributed by atoms with E-state index in [1.54, 1.807) is 0 Å². The lowest BCUT2D eigenvalue weighted by molar-refractivity contribution is 0.583. The molecule has 7 aliphatic rings. The third kappa shape index (κ3) is 5.19. The number of furan rings is 2. The molecule has 17 rings (SSSR count). The number of fused-ring (bicyclic) bond motifs is 18. The SMILES string of the molecule is C1=CCC(N(C2=CCCc3c2oc2ccccc32)c2ccc3c4c2c2c(n4C4=Cc5c(n6c7c(c8c(N(c9cccc%10c9oc9ccccc9%10)C9C=CC=CC9)ccc5c86)=CCCC=7)CC43)=CCCC=2)C=C1. The summed E-state index contributed by atoms with van der Waals surface area (Å²) in [6, 6.07) is 33.9. The Labute approximate surface area is 415 Å². The first-order valence-corrected chi connectivity index (χ1v) is 26.3. The van der Waals surface area contributed by atoms with Crippen molar-refractivity contribution in [3.05, 3.63) is 195 Å². The lowest BCUT2D eigenvalue weighted by Gasteiger charge is -2.35. The van der Waals surface area contributed by atoms with Gasteiger partial charge >= 0.3 is 0 Å². The number of allylic oxidation sites excluding steroid dienone is 6. The van der Waals surface area contributed by atoms with Gasteiger partial charge in [-0.15, -0.1) is 0 Å². The maximum absolute atomic E-state index is 6.86. The number of para-hydroxylation sites is 3. The van der Waals surface area contributed by atoms with E-state index in [2.05, 4.69) is 195 Å². The van der Waals surface area contributed by atoms with E-state index in [1.807, 2.05) is 0 Å². The summed E-state index contributed by atoms with van der Waals surface area (Å²) in [5.41, 5.74) is 17.4. The van der Waals surface area contributed by atoms with Crippen LogP contribution in [0.2, 0.25) is 0 Å². The molecule has 0 saturated heterocycles. The number of nitrogens with zero attached hydrogens (tertiary/aromatic N) is 4. The Morgan fingerprint density at radius 1 is 0.542 bits per heavy atom. The van der Waals surface area contributed by atoms with Gasteiger partial charge in [-0.2, -0.15) is 0 Å². The molecule has 0 N–H and O–H groups in total. The molecule has 3 unspecified atom stereocenters. The molecule has 72 heavy (non-hydrogen) atoms. The van der Waals surface area contributed by atoms with Crippen LogP contribution in [0, 0.1) is 0 Å². The summed E-state index contributed by atoms with van der Waals surface area (Å²) in [4.78, 5) is 5.23. The number of hydrogen-bond donors (Lipinski definition) is 0. The van der Waals surface area contributed by atoms with Gasteiger partial charge < -0.3 is 27.6 Å². The largest absolute Gasteiger partial charge is 0.454 e. The van der Waals surface area contributed by atoms with E-state index in [1.165, 1.54) is 98.9 Å². The molecule has 1 aliphatic heterocycles. The molecule has 6 aliphatic carbocycles. The molecule has 3 atom stereocenters. The van der Waals surface area contributed by atoms with Crippen LogP contribution < -0.4 is 30.9 Å². The van der Waals surface area contributed by atoms with Crippen molar-refractivity contribution in [2.75, 3.05) is 9.80 Å². The van der Waals surface area contributed by atoms with Gasteiger partial charge in [0.15, 0.2) is 11.3 Å². The highest BCUT2D eigenvalue weighted by atomic mass is 16.3. The van der Waals surface area contributed by atoms with Gasteiger partial charge in [0.1, 0.15) is 11.2 Å². The smallest absolute Gasteiger partial charge is 0.159 e. The Morgan fingerprint density at radius 2 is 1.24 bits per heavy atom. The monoisotopic (exact) mass is 930 g/mol. The number of benzene rings is 5. The fourth-order valence-corrected chi connectivity index (χ4v) is 14.4. The Balaban J connectivity index is 0.881. The Hall–Kier alpha value is -8.22. The van der Waals surface area contributed by atoms with Gasteiger partial charge in [-0.25, -0.2) is 0 Å². The lowest BCUT2D eigenvalue weighted by Crippen LogP contribution is -2.36. The molecular weight excluding hydrogens is 881 g/mol. The summed E-state index contributed by atoms with van der Waals surface area (Å²) in [5.74, 6) is 1.26. The molecule has 0 fully saturated rings. The van der Waals surface area contributed by atoms with Crippen molar-refractivity contribution in [2.45, 2.75) is 75.8 Å². The van der Waals surface area contributed by atoms with Crippen LogP contribution in [0.15, 0.2) is 155 Å². The minimum atomic E-state index is 0.118. The molecule has 0 saturated carbocycles. The molecule has 5 aromatic heterocycles. The molecule has 0 radical (unpaired) electrons. The number of anilines is 3. The molecule has 6 heterocycles. The van der Waals surface area contributed by atoms with Crippen molar-refractivity contribution in [1.82, 2.24) is 8.97 Å². The fourth-order valence-electron chi connectivity index (χ4n) is 14.4. The van der Waals surface area contributed by atoms with Gasteiger partial charge in [0.2, 0.25) is 0 Å². The highest BCUT2D eigenvalue weighted by Gasteiger charge is 2.40. The molecule has 0 amide bonds. The van der Waals surface area contributed by atoms with Crippen LogP contribution >= 0.6 is 0 Å². The molecule has 10 aromatic rings. The second kappa shape index (κ2) is 14.7. The van der Waals surface area contributed by atoms with Crippen LogP contribution in [0.25, 0.3) is 102 Å². The third-order valence-corrected chi connectivity index (χ3v) is 17.3. The quantitative estimate of drug-likeness (QED) is 0.167. The molecule has 5 aromatic carbocycles. The molecule has 346 valence electrons. The average molecular weight is 931 g/mol. The van der Waals surface area contributed by atoms with Crippen molar-refractivity contribution in [2.24, 2.45) is 0 Å². The minimum Gasteiger partial charge on any atom is -0.454 e. The first-order chi connectivity index (χ1) is 35.8. The van der Waals surface area contributed by atoms with E-state index in [9.17, 15) is 0 Å². The summed E-state index contributed by atoms with van der Waals surface area (Å²) in [6.07, 6.45) is 42.3. The van der Waals surface area contributed by atoms with Crippen LogP contribution in [0.5, 0.6) is 0 Å². The zero-order valence-electron chi connectivity index (χ0n) is 39.9. The second-order valence-corrected chi connectivity index (χ2v) is 20.9. The maximum atomic E-state index is 6.86. The number of hydrogen-bond acceptors (Lipinski definition) is 4. The summed E-state index contributed by atoms with van der Waals surface area (Å²) in [5, 5.41) is 13.1. The zero-order chi connectivity index (χ0) is 46.8. The highest BCUT2D eigenvalue weighted by Crippen LogP contribution is 2.52. The van der Waals surface area contributed by atoms with Crippen molar-refractivity contribution >= 4 is 119 Å². The predicted molar refractivity (Wildman–Crippen MR) is 298 cm³/mol. The van der Waals surface area contributed by atoms with E-state index in [0.29, 0.717) is 0 Å². The first kappa shape index (κ1) is 39.5. The van der Waals surface area contributed by atoms with Gasteiger partial charge in [0, 0.05) is 88.3 Å². The van der Waals surface area contributed by atoms with Gasteiger partial charge in [0.05, 0.1) is 45.9 Å². The Bertz CT molecular complexity index is 4530. The molecule has 6 heteroatoms. The van der Waals surface area contributed by atoms with E-state index >= 15 is 0 Å². The van der Waals surface area contributed by atoms with E-state index in [4.69, 9.17) is 8.83 Å². The summed E-state index contributed by atoms with van der Waals surface area (Å²) < 4.78 is 19.1. The van der Waals surface area contributed by atoms with Gasteiger partial charge in [0.25, 0.3) is 0 Å². The summed E-state index contributed by atoms with van der Waals surface area (Å²) >= 11 is 0. The van der Waals surface area contributed by atoms with E-state index in [0.717, 1.165) is 96.8 Å². The number of aryl methyl sites for hydroxylation is 1. The van der Waals surface area contributed by atoms with E-state index in [-0.39, 0.29) is 18.0 Å². The van der Waals surface area contributed by atoms with E-state index < -0.39 is 0 Å². The summed E-state index contributed by atoms with van der Waals surface area (Å²) in [7, 11) is 0. The highest BCUT2D eigenvalue weighted by molar-refractivity contribution is 6.15. The van der Waals surface area contributed by atoms with Crippen LogP contribution in [0.4, 0.5) is 17.1 Å². The van der Waals surface area contributed by atoms with Gasteiger partial charge in [-0.3, -0.25) is 0 Å². The van der Waals surface area contributed by atoms with Gasteiger partial charge in [-0.1, -0.05) is 140 Å². The minimum absolute atomic E-state index is 0.118. The molecule has 0 bridgehead atoms. The Morgan fingerprint density at radius 3 is 2.06 bits per heavy atom. The normalized spacial score (nSPS) is 20.2. The first-order valence-electron chi connectivity index (χ1n) is 26.3. The van der Waals surface area contributed by atoms with Crippen molar-refractivity contribution < 1.29 is 8.83 Å². The fraction of sp³-hybridized carbons (Fsp3) is 0.182. The number of rotatable bonds is 6. The molecular formula is C66H50N4O2. The van der Waals surface area contributed by atoms with Crippen LogP contribution in [0.1, 0.15) is 79.0 Å². The zero-order valence-corrected chi connectivity index (χ0v) is 39.9. The molecule has 6 nitrogen and oxygen atoms in total. The van der Waals surface area contributed by atoms with Crippen molar-refractivity contribution in [3.63, 3.8) is 0 Å². The predicted octanol–water partition coefficient (Wildman–Crippen LogP) is 13.2. The average Bonchev–Trinajstić information content (AvgIpc) is 4.29. The lowest BCUT2D eigenvalue weighted by atomic mass is 9.85. The van der Waals surface area contributed by atoms with Crippen LogP contribution in [0.3, 0.4) is 0 Å². The number of aromatic nitrogens is 2.